The van der Waals surface area contributed by atoms with E-state index in [1.165, 1.54) is 5.56 Å². The molecule has 1 aromatic heterocycles. The first-order valence-electron chi connectivity index (χ1n) is 6.74. The maximum atomic E-state index is 5.59. The van der Waals surface area contributed by atoms with Crippen molar-refractivity contribution in [2.45, 2.75) is 20.3 Å². The molecule has 0 atom stereocenters. The predicted octanol–water partition coefficient (Wildman–Crippen LogP) is 2.95. The van der Waals surface area contributed by atoms with E-state index in [0.717, 1.165) is 42.0 Å². The van der Waals surface area contributed by atoms with E-state index >= 15 is 0 Å². The lowest BCUT2D eigenvalue weighted by Crippen LogP contribution is -2.21. The third kappa shape index (κ3) is 2.54. The van der Waals surface area contributed by atoms with Crippen molar-refractivity contribution >= 4 is 11.0 Å². The van der Waals surface area contributed by atoms with Crippen molar-refractivity contribution in [3.63, 3.8) is 0 Å². The lowest BCUT2D eigenvalue weighted by atomic mass is 10.1. The fraction of sp³-hybridized carbons (Fsp3) is 0.467. The second kappa shape index (κ2) is 5.13. The van der Waals surface area contributed by atoms with Crippen LogP contribution in [0, 0.1) is 5.92 Å². The highest BCUT2D eigenvalue weighted by Crippen LogP contribution is 2.37. The maximum absolute atomic E-state index is 5.59. The Balaban J connectivity index is 1.73. The molecule has 1 aromatic carbocycles. The fourth-order valence-corrected chi connectivity index (χ4v) is 2.28. The van der Waals surface area contributed by atoms with E-state index in [-0.39, 0.29) is 0 Å². The van der Waals surface area contributed by atoms with Gasteiger partial charge in [0.15, 0.2) is 11.5 Å². The summed E-state index contributed by atoms with van der Waals surface area (Å²) in [5.41, 5.74) is 2.08. The molecule has 3 rings (SSSR count). The molecule has 0 spiro atoms. The summed E-state index contributed by atoms with van der Waals surface area (Å²) in [6, 6.07) is 3.92. The first kappa shape index (κ1) is 12.4. The Kier molecular flexibility index (Phi) is 3.34. The number of rotatable bonds is 5. The van der Waals surface area contributed by atoms with E-state index in [9.17, 15) is 0 Å². The normalized spacial score (nSPS) is 13.6. The fourth-order valence-electron chi connectivity index (χ4n) is 2.28. The highest BCUT2D eigenvalue weighted by atomic mass is 16.7. The second-order valence-corrected chi connectivity index (χ2v) is 5.31. The molecule has 4 nitrogen and oxygen atoms in total. The van der Waals surface area contributed by atoms with Crippen LogP contribution < -0.4 is 14.8 Å². The van der Waals surface area contributed by atoms with E-state index < -0.39 is 0 Å². The van der Waals surface area contributed by atoms with Crippen LogP contribution >= 0.6 is 0 Å². The molecule has 1 aliphatic rings. The number of hydrogen-bond acceptors (Lipinski definition) is 4. The number of fused-ring (bicyclic) bond motifs is 2. The van der Waals surface area contributed by atoms with Gasteiger partial charge in [-0.3, -0.25) is 0 Å². The Morgan fingerprint density at radius 3 is 2.79 bits per heavy atom. The zero-order valence-electron chi connectivity index (χ0n) is 11.4. The van der Waals surface area contributed by atoms with Gasteiger partial charge in [-0.2, -0.15) is 0 Å². The molecule has 2 heterocycles. The lowest BCUT2D eigenvalue weighted by molar-refractivity contribution is 0.174. The standard InChI is InChI=1S/C15H19NO3/c1-10(2)7-16-4-3-11-8-17-13-6-15-14(5-12(11)13)18-9-19-15/h5-6,8,10,16H,3-4,7,9H2,1-2H3. The SMILES string of the molecule is CC(C)CNCCc1coc2cc3c(cc12)OCO3. The first-order valence-corrected chi connectivity index (χ1v) is 6.74. The summed E-state index contributed by atoms with van der Waals surface area (Å²) >= 11 is 0. The van der Waals surface area contributed by atoms with E-state index in [1.54, 1.807) is 0 Å². The minimum absolute atomic E-state index is 0.299. The van der Waals surface area contributed by atoms with Crippen LogP contribution in [0.4, 0.5) is 0 Å². The minimum atomic E-state index is 0.299. The first-order chi connectivity index (χ1) is 9.24. The van der Waals surface area contributed by atoms with Gasteiger partial charge in [0, 0.05) is 11.5 Å². The summed E-state index contributed by atoms with van der Waals surface area (Å²) in [6.45, 7) is 6.72. The third-order valence-electron chi connectivity index (χ3n) is 3.27. The van der Waals surface area contributed by atoms with Crippen LogP contribution in [-0.4, -0.2) is 19.9 Å². The summed E-state index contributed by atoms with van der Waals surface area (Å²) in [5, 5.41) is 4.56. The summed E-state index contributed by atoms with van der Waals surface area (Å²) < 4.78 is 16.3. The van der Waals surface area contributed by atoms with Crippen molar-refractivity contribution in [1.82, 2.24) is 5.32 Å². The molecule has 19 heavy (non-hydrogen) atoms. The molecule has 1 aliphatic heterocycles. The van der Waals surface area contributed by atoms with Gasteiger partial charge in [-0.25, -0.2) is 0 Å². The highest BCUT2D eigenvalue weighted by Gasteiger charge is 2.17. The van der Waals surface area contributed by atoms with Crippen molar-refractivity contribution < 1.29 is 13.9 Å². The molecule has 0 saturated heterocycles. The van der Waals surface area contributed by atoms with Crippen molar-refractivity contribution in [2.75, 3.05) is 19.9 Å². The summed E-state index contributed by atoms with van der Waals surface area (Å²) in [7, 11) is 0. The highest BCUT2D eigenvalue weighted by molar-refractivity contribution is 5.85. The molecular formula is C15H19NO3. The lowest BCUT2D eigenvalue weighted by Gasteiger charge is -2.06. The molecule has 0 radical (unpaired) electrons. The van der Waals surface area contributed by atoms with Gasteiger partial charge in [-0.1, -0.05) is 13.8 Å². The minimum Gasteiger partial charge on any atom is -0.464 e. The molecule has 102 valence electrons. The molecule has 1 N–H and O–H groups in total. The largest absolute Gasteiger partial charge is 0.464 e. The molecule has 0 unspecified atom stereocenters. The molecular weight excluding hydrogens is 242 g/mol. The Hall–Kier alpha value is -1.68. The van der Waals surface area contributed by atoms with Gasteiger partial charge in [-0.15, -0.1) is 0 Å². The average Bonchev–Trinajstić information content (AvgIpc) is 2.98. The van der Waals surface area contributed by atoms with E-state index in [1.807, 2.05) is 18.4 Å². The van der Waals surface area contributed by atoms with E-state index in [4.69, 9.17) is 13.9 Å². The van der Waals surface area contributed by atoms with E-state index in [2.05, 4.69) is 19.2 Å². The number of hydrogen-bond donors (Lipinski definition) is 1. The van der Waals surface area contributed by atoms with Crippen molar-refractivity contribution in [2.24, 2.45) is 5.92 Å². The van der Waals surface area contributed by atoms with Crippen LogP contribution in [0.5, 0.6) is 11.5 Å². The smallest absolute Gasteiger partial charge is 0.231 e. The molecule has 0 aliphatic carbocycles. The zero-order valence-corrected chi connectivity index (χ0v) is 11.4. The summed E-state index contributed by atoms with van der Waals surface area (Å²) in [4.78, 5) is 0. The Bertz CT molecular complexity index is 574. The monoisotopic (exact) mass is 261 g/mol. The van der Waals surface area contributed by atoms with Gasteiger partial charge in [0.05, 0.1) is 6.26 Å². The number of benzene rings is 1. The van der Waals surface area contributed by atoms with Crippen LogP contribution in [0.1, 0.15) is 19.4 Å². The van der Waals surface area contributed by atoms with Gasteiger partial charge < -0.3 is 19.2 Å². The van der Waals surface area contributed by atoms with Crippen molar-refractivity contribution in [1.29, 1.82) is 0 Å². The van der Waals surface area contributed by atoms with Gasteiger partial charge in [0.2, 0.25) is 6.79 Å². The predicted molar refractivity (Wildman–Crippen MR) is 73.7 cm³/mol. The maximum Gasteiger partial charge on any atom is 0.231 e. The number of furan rings is 1. The summed E-state index contributed by atoms with van der Waals surface area (Å²) in [6.07, 6.45) is 2.79. The van der Waals surface area contributed by atoms with Crippen molar-refractivity contribution in [3.8, 4) is 11.5 Å². The Labute approximate surface area is 112 Å². The number of ether oxygens (including phenoxy) is 2. The van der Waals surface area contributed by atoms with Crippen LogP contribution in [0.15, 0.2) is 22.8 Å². The van der Waals surface area contributed by atoms with Gasteiger partial charge in [0.1, 0.15) is 5.58 Å². The second-order valence-electron chi connectivity index (χ2n) is 5.31. The quantitative estimate of drug-likeness (QED) is 0.840. The van der Waals surface area contributed by atoms with E-state index in [0.29, 0.717) is 12.7 Å². The average molecular weight is 261 g/mol. The molecule has 0 saturated carbocycles. The zero-order chi connectivity index (χ0) is 13.2. The Morgan fingerprint density at radius 1 is 1.21 bits per heavy atom. The third-order valence-corrected chi connectivity index (χ3v) is 3.27. The molecule has 0 amide bonds. The summed E-state index contributed by atoms with van der Waals surface area (Å²) in [5.74, 6) is 2.26. The van der Waals surface area contributed by atoms with Gasteiger partial charge >= 0.3 is 0 Å². The topological polar surface area (TPSA) is 43.6 Å². The van der Waals surface area contributed by atoms with Crippen LogP contribution in [0.2, 0.25) is 0 Å². The van der Waals surface area contributed by atoms with Crippen molar-refractivity contribution in [3.05, 3.63) is 24.0 Å². The molecule has 4 heteroatoms. The van der Waals surface area contributed by atoms with Gasteiger partial charge in [-0.05, 0) is 37.1 Å². The Morgan fingerprint density at radius 2 is 2.00 bits per heavy atom. The van der Waals surface area contributed by atoms with Crippen LogP contribution in [-0.2, 0) is 6.42 Å². The van der Waals surface area contributed by atoms with Crippen LogP contribution in [0.3, 0.4) is 0 Å². The van der Waals surface area contributed by atoms with Crippen LogP contribution in [0.25, 0.3) is 11.0 Å². The number of nitrogens with one attached hydrogen (secondary N) is 1. The molecule has 0 bridgehead atoms. The molecule has 0 fully saturated rings. The van der Waals surface area contributed by atoms with Gasteiger partial charge in [0.25, 0.3) is 0 Å². The molecule has 2 aromatic rings.